The van der Waals surface area contributed by atoms with E-state index in [0.717, 1.165) is 42.9 Å². The van der Waals surface area contributed by atoms with Crippen molar-refractivity contribution in [2.45, 2.75) is 46.2 Å². The zero-order valence-corrected chi connectivity index (χ0v) is 20.9. The summed E-state index contributed by atoms with van der Waals surface area (Å²) in [5, 5.41) is 1.24. The zero-order chi connectivity index (χ0) is 23.6. The van der Waals surface area contributed by atoms with Crippen LogP contribution < -0.4 is 0 Å². The van der Waals surface area contributed by atoms with E-state index in [1.54, 1.807) is 6.07 Å². The number of aryl methyl sites for hydroxylation is 1. The van der Waals surface area contributed by atoms with E-state index in [-0.39, 0.29) is 5.91 Å². The Kier molecular flexibility index (Phi) is 9.86. The lowest BCUT2D eigenvalue weighted by atomic mass is 10.1. The van der Waals surface area contributed by atoms with Crippen LogP contribution in [0.15, 0.2) is 65.1 Å². The normalized spacial score (nSPS) is 11.2. The van der Waals surface area contributed by atoms with Crippen molar-refractivity contribution < 1.29 is 9.21 Å². The number of benzene rings is 2. The molecule has 2 aromatic carbocycles. The molecule has 0 spiro atoms. The van der Waals surface area contributed by atoms with Crippen molar-refractivity contribution in [3.8, 4) is 0 Å². The first kappa shape index (κ1) is 25.4. The third kappa shape index (κ3) is 8.22. The van der Waals surface area contributed by atoms with E-state index in [4.69, 9.17) is 27.6 Å². The van der Waals surface area contributed by atoms with Gasteiger partial charge in [-0.3, -0.25) is 9.69 Å². The van der Waals surface area contributed by atoms with Gasteiger partial charge >= 0.3 is 0 Å². The van der Waals surface area contributed by atoms with E-state index in [9.17, 15) is 4.79 Å². The number of nitrogens with zero attached hydrogens (tertiary/aromatic N) is 2. The van der Waals surface area contributed by atoms with Gasteiger partial charge in [0.05, 0.1) is 13.1 Å². The molecule has 3 rings (SSSR count). The molecule has 0 bridgehead atoms. The number of furan rings is 1. The molecule has 0 fully saturated rings. The van der Waals surface area contributed by atoms with Crippen molar-refractivity contribution in [3.63, 3.8) is 0 Å². The summed E-state index contributed by atoms with van der Waals surface area (Å²) < 4.78 is 5.77. The minimum absolute atomic E-state index is 0.0844. The summed E-state index contributed by atoms with van der Waals surface area (Å²) in [4.78, 5) is 17.5. The van der Waals surface area contributed by atoms with Gasteiger partial charge in [-0.1, -0.05) is 72.9 Å². The van der Waals surface area contributed by atoms with Crippen LogP contribution in [0.25, 0.3) is 0 Å². The second kappa shape index (κ2) is 12.8. The fraction of sp³-hybridized carbons (Fsp3) is 0.370. The fourth-order valence-corrected chi connectivity index (χ4v) is 4.20. The first-order chi connectivity index (χ1) is 15.9. The Morgan fingerprint density at radius 3 is 2.42 bits per heavy atom. The monoisotopic (exact) mass is 486 g/mol. The minimum Gasteiger partial charge on any atom is -0.464 e. The summed E-state index contributed by atoms with van der Waals surface area (Å²) in [6.45, 7) is 6.92. The molecule has 0 aliphatic heterocycles. The number of rotatable bonds is 12. The number of hydrogen-bond donors (Lipinski definition) is 0. The minimum atomic E-state index is 0.0844. The van der Waals surface area contributed by atoms with Gasteiger partial charge in [0.15, 0.2) is 0 Å². The average molecular weight is 487 g/mol. The molecule has 0 saturated carbocycles. The zero-order valence-electron chi connectivity index (χ0n) is 19.4. The first-order valence-corrected chi connectivity index (χ1v) is 12.2. The predicted octanol–water partition coefficient (Wildman–Crippen LogP) is 6.77. The Balaban J connectivity index is 1.72. The maximum Gasteiger partial charge on any atom is 0.237 e. The van der Waals surface area contributed by atoms with Crippen LogP contribution in [0, 0.1) is 6.92 Å². The van der Waals surface area contributed by atoms with Crippen LogP contribution in [-0.2, 0) is 24.3 Å². The van der Waals surface area contributed by atoms with Gasteiger partial charge in [0.1, 0.15) is 11.5 Å². The average Bonchev–Trinajstić information content (AvgIpc) is 3.22. The highest BCUT2D eigenvalue weighted by Crippen LogP contribution is 2.22. The molecule has 0 saturated heterocycles. The molecule has 0 unspecified atom stereocenters. The molecule has 0 aliphatic rings. The van der Waals surface area contributed by atoms with Crippen molar-refractivity contribution in [1.82, 2.24) is 9.80 Å². The van der Waals surface area contributed by atoms with Gasteiger partial charge in [-0.15, -0.1) is 0 Å². The molecule has 176 valence electrons. The molecule has 1 amide bonds. The largest absolute Gasteiger partial charge is 0.464 e. The fourth-order valence-electron chi connectivity index (χ4n) is 3.74. The molecule has 0 aliphatic carbocycles. The Labute approximate surface area is 207 Å². The molecule has 3 aromatic rings. The number of halogens is 2. The third-order valence-corrected chi connectivity index (χ3v) is 6.19. The molecule has 0 radical (unpaired) electrons. The van der Waals surface area contributed by atoms with Crippen LogP contribution in [0.2, 0.25) is 10.0 Å². The van der Waals surface area contributed by atoms with E-state index in [1.807, 2.05) is 54.3 Å². The number of hydrogen-bond acceptors (Lipinski definition) is 3. The van der Waals surface area contributed by atoms with E-state index in [2.05, 4.69) is 24.0 Å². The van der Waals surface area contributed by atoms with Crippen LogP contribution >= 0.6 is 23.2 Å². The number of carbonyl (C=O) groups excluding carboxylic acids is 1. The second-order valence-electron chi connectivity index (χ2n) is 8.36. The van der Waals surface area contributed by atoms with E-state index < -0.39 is 0 Å². The second-order valence-corrected chi connectivity index (χ2v) is 9.21. The van der Waals surface area contributed by atoms with Crippen molar-refractivity contribution >= 4 is 29.1 Å². The van der Waals surface area contributed by atoms with Gasteiger partial charge < -0.3 is 9.32 Å². The summed E-state index contributed by atoms with van der Waals surface area (Å²) in [5.74, 6) is 1.73. The lowest BCUT2D eigenvalue weighted by Crippen LogP contribution is -2.41. The lowest BCUT2D eigenvalue weighted by Gasteiger charge is -2.27. The quantitative estimate of drug-likeness (QED) is 0.283. The summed E-state index contributed by atoms with van der Waals surface area (Å²) in [6.07, 6.45) is 2.87. The SMILES string of the molecule is CCCCN(CC(=O)N(CCc1ccccc1)Cc1ccc(C)o1)Cc1ccc(Cl)cc1Cl. The topological polar surface area (TPSA) is 36.7 Å². The smallest absolute Gasteiger partial charge is 0.237 e. The van der Waals surface area contributed by atoms with Crippen molar-refractivity contribution in [3.05, 3.63) is 93.4 Å². The summed E-state index contributed by atoms with van der Waals surface area (Å²) in [7, 11) is 0. The Bertz CT molecular complexity index is 1020. The molecule has 1 heterocycles. The highest BCUT2D eigenvalue weighted by Gasteiger charge is 2.20. The lowest BCUT2D eigenvalue weighted by molar-refractivity contribution is -0.133. The van der Waals surface area contributed by atoms with Gasteiger partial charge in [-0.2, -0.15) is 0 Å². The Morgan fingerprint density at radius 1 is 0.970 bits per heavy atom. The summed E-state index contributed by atoms with van der Waals surface area (Å²) >= 11 is 12.5. The van der Waals surface area contributed by atoms with Gasteiger partial charge in [-0.05, 0) is 61.7 Å². The van der Waals surface area contributed by atoms with Crippen molar-refractivity contribution in [2.24, 2.45) is 0 Å². The van der Waals surface area contributed by atoms with E-state index >= 15 is 0 Å². The van der Waals surface area contributed by atoms with Gasteiger partial charge in [0.25, 0.3) is 0 Å². The number of amides is 1. The molecular formula is C27H32Cl2N2O2. The molecular weight excluding hydrogens is 455 g/mol. The summed E-state index contributed by atoms with van der Waals surface area (Å²) in [6, 6.07) is 19.7. The van der Waals surface area contributed by atoms with E-state index in [0.29, 0.717) is 36.2 Å². The molecule has 1 aromatic heterocycles. The van der Waals surface area contributed by atoms with Crippen molar-refractivity contribution in [2.75, 3.05) is 19.6 Å². The highest BCUT2D eigenvalue weighted by molar-refractivity contribution is 6.35. The van der Waals surface area contributed by atoms with Crippen LogP contribution in [-0.4, -0.2) is 35.3 Å². The maximum absolute atomic E-state index is 13.5. The molecule has 4 nitrogen and oxygen atoms in total. The molecule has 6 heteroatoms. The van der Waals surface area contributed by atoms with Crippen LogP contribution in [0.4, 0.5) is 0 Å². The van der Waals surface area contributed by atoms with E-state index in [1.165, 1.54) is 5.56 Å². The third-order valence-electron chi connectivity index (χ3n) is 5.60. The summed E-state index contributed by atoms with van der Waals surface area (Å²) in [5.41, 5.74) is 2.18. The Morgan fingerprint density at radius 2 is 1.76 bits per heavy atom. The Hall–Kier alpha value is -2.27. The molecule has 0 N–H and O–H groups in total. The number of carbonyl (C=O) groups is 1. The van der Waals surface area contributed by atoms with Crippen molar-refractivity contribution in [1.29, 1.82) is 0 Å². The predicted molar refractivity (Wildman–Crippen MR) is 136 cm³/mol. The number of unbranched alkanes of at least 4 members (excludes halogenated alkanes) is 1. The highest BCUT2D eigenvalue weighted by atomic mass is 35.5. The van der Waals surface area contributed by atoms with Gasteiger partial charge in [0, 0.05) is 23.1 Å². The van der Waals surface area contributed by atoms with Crippen LogP contribution in [0.5, 0.6) is 0 Å². The van der Waals surface area contributed by atoms with Gasteiger partial charge in [0.2, 0.25) is 5.91 Å². The van der Waals surface area contributed by atoms with Gasteiger partial charge in [-0.25, -0.2) is 0 Å². The van der Waals surface area contributed by atoms with Crippen LogP contribution in [0.3, 0.4) is 0 Å². The van der Waals surface area contributed by atoms with Crippen LogP contribution in [0.1, 0.15) is 42.4 Å². The maximum atomic E-state index is 13.5. The standard InChI is InChI=1S/C27H32Cl2N2O2/c1-3-4-15-30(18-23-11-12-24(28)17-26(23)29)20-27(32)31(19-25-13-10-21(2)33-25)16-14-22-8-6-5-7-9-22/h5-13,17H,3-4,14-16,18-20H2,1-2H3. The first-order valence-electron chi connectivity index (χ1n) is 11.5. The molecule has 0 atom stereocenters. The molecule has 33 heavy (non-hydrogen) atoms.